The molecular formula is C18H21N3O2S. The molecule has 4 rings (SSSR count). The Kier molecular flexibility index (Phi) is 4.24. The van der Waals surface area contributed by atoms with Crippen LogP contribution in [-0.2, 0) is 11.3 Å². The number of hydrogen-bond acceptors (Lipinski definition) is 5. The Morgan fingerprint density at radius 2 is 2.42 bits per heavy atom. The summed E-state index contributed by atoms with van der Waals surface area (Å²) in [4.78, 5) is 19.0. The number of aromatic nitrogens is 1. The molecule has 1 N–H and O–H groups in total. The quantitative estimate of drug-likeness (QED) is 0.904. The molecule has 2 fully saturated rings. The van der Waals surface area contributed by atoms with Gasteiger partial charge in [-0.2, -0.15) is 11.3 Å². The Morgan fingerprint density at radius 1 is 1.46 bits per heavy atom. The van der Waals surface area contributed by atoms with Gasteiger partial charge < -0.3 is 10.1 Å². The van der Waals surface area contributed by atoms with Crippen LogP contribution in [0.2, 0.25) is 0 Å². The second-order valence-electron chi connectivity index (χ2n) is 6.66. The molecular weight excluding hydrogens is 322 g/mol. The van der Waals surface area contributed by atoms with Crippen LogP contribution in [0.1, 0.15) is 12.0 Å². The summed E-state index contributed by atoms with van der Waals surface area (Å²) in [6.07, 6.45) is 4.35. The van der Waals surface area contributed by atoms with Crippen molar-refractivity contribution < 1.29 is 9.53 Å². The van der Waals surface area contributed by atoms with E-state index in [1.807, 2.05) is 12.1 Å². The van der Waals surface area contributed by atoms with Crippen molar-refractivity contribution in [2.45, 2.75) is 13.0 Å². The lowest BCUT2D eigenvalue weighted by atomic mass is 9.77. The highest BCUT2D eigenvalue weighted by atomic mass is 32.1. The van der Waals surface area contributed by atoms with Gasteiger partial charge in [0.2, 0.25) is 5.91 Å². The molecule has 2 aliphatic heterocycles. The van der Waals surface area contributed by atoms with Gasteiger partial charge in [-0.3, -0.25) is 14.7 Å². The minimum absolute atomic E-state index is 0.190. The third-order valence-corrected chi connectivity index (χ3v) is 5.93. The number of pyridine rings is 1. The average Bonchev–Trinajstić information content (AvgIpc) is 3.32. The van der Waals surface area contributed by atoms with Crippen molar-refractivity contribution in [3.63, 3.8) is 0 Å². The minimum Gasteiger partial charge on any atom is -0.492 e. The molecule has 0 unspecified atom stereocenters. The summed E-state index contributed by atoms with van der Waals surface area (Å²) in [6.45, 7) is 3.96. The molecule has 4 heterocycles. The smallest absolute Gasteiger partial charge is 0.228 e. The first-order valence-corrected chi connectivity index (χ1v) is 9.25. The maximum atomic E-state index is 12.6. The van der Waals surface area contributed by atoms with E-state index in [0.29, 0.717) is 13.2 Å². The van der Waals surface area contributed by atoms with Crippen LogP contribution in [0.4, 0.5) is 0 Å². The molecule has 1 spiro atoms. The fraction of sp³-hybridized carbons (Fsp3) is 0.444. The summed E-state index contributed by atoms with van der Waals surface area (Å²) in [7, 11) is 0. The summed E-state index contributed by atoms with van der Waals surface area (Å²) < 4.78 is 5.89. The molecule has 2 saturated heterocycles. The largest absolute Gasteiger partial charge is 0.492 e. The highest BCUT2D eigenvalue weighted by Gasteiger charge is 2.54. The first kappa shape index (κ1) is 15.6. The number of carbonyl (C=O) groups is 1. The minimum atomic E-state index is -0.307. The van der Waals surface area contributed by atoms with Crippen molar-refractivity contribution in [3.05, 3.63) is 46.9 Å². The molecule has 0 aromatic carbocycles. The highest BCUT2D eigenvalue weighted by Crippen LogP contribution is 2.42. The van der Waals surface area contributed by atoms with Gasteiger partial charge in [-0.1, -0.05) is 0 Å². The van der Waals surface area contributed by atoms with Gasteiger partial charge in [0.25, 0.3) is 0 Å². The second kappa shape index (κ2) is 6.53. The number of amides is 1. The fourth-order valence-corrected chi connectivity index (χ4v) is 4.49. The van der Waals surface area contributed by atoms with Gasteiger partial charge in [-0.25, -0.2) is 0 Å². The van der Waals surface area contributed by atoms with Crippen LogP contribution in [0, 0.1) is 11.3 Å². The van der Waals surface area contributed by atoms with Crippen molar-refractivity contribution in [1.82, 2.24) is 15.2 Å². The summed E-state index contributed by atoms with van der Waals surface area (Å²) in [5, 5.41) is 7.35. The molecule has 1 amide bonds. The molecule has 6 heteroatoms. The fourth-order valence-electron chi connectivity index (χ4n) is 3.83. The van der Waals surface area contributed by atoms with Gasteiger partial charge in [0.1, 0.15) is 5.75 Å². The molecule has 0 bridgehead atoms. The van der Waals surface area contributed by atoms with Crippen molar-refractivity contribution >= 4 is 17.2 Å². The van der Waals surface area contributed by atoms with E-state index >= 15 is 0 Å². The molecule has 0 saturated carbocycles. The van der Waals surface area contributed by atoms with E-state index in [1.165, 1.54) is 5.56 Å². The van der Waals surface area contributed by atoms with Crippen molar-refractivity contribution in [2.24, 2.45) is 11.3 Å². The standard InChI is InChI=1S/C18H21N3O2S/c22-17-18(4-6-21(13-18)10-14-3-7-24-12-14)15(8-20-17)11-23-16-2-1-5-19-9-16/h1-3,5,7,9,12,15H,4,6,8,10-11,13H2,(H,20,22)/t15-,18+/m0/s1. The maximum Gasteiger partial charge on any atom is 0.228 e. The van der Waals surface area contributed by atoms with Gasteiger partial charge in [0, 0.05) is 31.7 Å². The first-order chi connectivity index (χ1) is 11.8. The van der Waals surface area contributed by atoms with Gasteiger partial charge in [0.15, 0.2) is 0 Å². The van der Waals surface area contributed by atoms with Crippen LogP contribution < -0.4 is 10.1 Å². The third kappa shape index (κ3) is 2.91. The monoisotopic (exact) mass is 343 g/mol. The number of thiophene rings is 1. The maximum absolute atomic E-state index is 12.6. The Hall–Kier alpha value is -1.92. The normalized spacial score (nSPS) is 26.8. The molecule has 2 aromatic heterocycles. The third-order valence-electron chi connectivity index (χ3n) is 5.19. The molecule has 2 aliphatic rings. The van der Waals surface area contributed by atoms with Crippen LogP contribution in [0.25, 0.3) is 0 Å². The number of ether oxygens (including phenoxy) is 1. The number of nitrogens with zero attached hydrogens (tertiary/aromatic N) is 2. The zero-order valence-corrected chi connectivity index (χ0v) is 14.3. The number of hydrogen-bond donors (Lipinski definition) is 1. The number of likely N-dealkylation sites (tertiary alicyclic amines) is 1. The molecule has 24 heavy (non-hydrogen) atoms. The summed E-state index contributed by atoms with van der Waals surface area (Å²) in [6, 6.07) is 5.93. The Labute approximate surface area is 145 Å². The number of carbonyl (C=O) groups excluding carboxylic acids is 1. The zero-order valence-electron chi connectivity index (χ0n) is 13.5. The molecule has 2 atom stereocenters. The number of nitrogens with one attached hydrogen (secondary N) is 1. The van der Waals surface area contributed by atoms with Crippen molar-refractivity contribution in [1.29, 1.82) is 0 Å². The van der Waals surface area contributed by atoms with Crippen LogP contribution in [-0.4, -0.2) is 42.0 Å². The number of rotatable bonds is 5. The zero-order chi connectivity index (χ0) is 16.4. The topological polar surface area (TPSA) is 54.5 Å². The Morgan fingerprint density at radius 3 is 3.21 bits per heavy atom. The summed E-state index contributed by atoms with van der Waals surface area (Å²) in [5.41, 5.74) is 1.02. The van der Waals surface area contributed by atoms with Gasteiger partial charge >= 0.3 is 0 Å². The lowest BCUT2D eigenvalue weighted by molar-refractivity contribution is -0.128. The average molecular weight is 343 g/mol. The van der Waals surface area contributed by atoms with Crippen LogP contribution in [0.15, 0.2) is 41.4 Å². The molecule has 2 aromatic rings. The second-order valence-corrected chi connectivity index (χ2v) is 7.44. The van der Waals surface area contributed by atoms with E-state index in [4.69, 9.17) is 4.74 Å². The van der Waals surface area contributed by atoms with Gasteiger partial charge in [-0.15, -0.1) is 0 Å². The van der Waals surface area contributed by atoms with Gasteiger partial charge in [0.05, 0.1) is 18.2 Å². The summed E-state index contributed by atoms with van der Waals surface area (Å²) >= 11 is 1.72. The van der Waals surface area contributed by atoms with E-state index < -0.39 is 0 Å². The molecule has 0 aliphatic carbocycles. The van der Waals surface area contributed by atoms with E-state index in [0.717, 1.165) is 31.8 Å². The predicted octanol–water partition coefficient (Wildman–Crippen LogP) is 2.16. The molecule has 126 valence electrons. The van der Waals surface area contributed by atoms with E-state index in [1.54, 1.807) is 23.7 Å². The lowest BCUT2D eigenvalue weighted by Crippen LogP contribution is -2.40. The SMILES string of the molecule is O=C1NC[C@@H](COc2cccnc2)[C@]12CCN(Cc1ccsc1)C2. The predicted molar refractivity (Wildman–Crippen MR) is 92.9 cm³/mol. The van der Waals surface area contributed by atoms with Crippen molar-refractivity contribution in [2.75, 3.05) is 26.2 Å². The van der Waals surface area contributed by atoms with Crippen LogP contribution >= 0.6 is 11.3 Å². The van der Waals surface area contributed by atoms with E-state index in [9.17, 15) is 4.79 Å². The van der Waals surface area contributed by atoms with Crippen molar-refractivity contribution in [3.8, 4) is 5.75 Å². The first-order valence-electron chi connectivity index (χ1n) is 8.31. The van der Waals surface area contributed by atoms with E-state index in [2.05, 4.69) is 32.0 Å². The van der Waals surface area contributed by atoms with Crippen LogP contribution in [0.5, 0.6) is 5.75 Å². The summed E-state index contributed by atoms with van der Waals surface area (Å²) in [5.74, 6) is 1.16. The van der Waals surface area contributed by atoms with Gasteiger partial charge in [-0.05, 0) is 47.5 Å². The Balaban J connectivity index is 1.43. The highest BCUT2D eigenvalue weighted by molar-refractivity contribution is 7.07. The molecule has 0 radical (unpaired) electrons. The van der Waals surface area contributed by atoms with E-state index in [-0.39, 0.29) is 17.2 Å². The Bertz CT molecular complexity index is 692. The van der Waals surface area contributed by atoms with Crippen LogP contribution in [0.3, 0.4) is 0 Å². The molecule has 5 nitrogen and oxygen atoms in total. The lowest BCUT2D eigenvalue weighted by Gasteiger charge is -2.28.